The summed E-state index contributed by atoms with van der Waals surface area (Å²) < 4.78 is 23.4. The molecule has 0 aromatic carbocycles. The maximum absolute atomic E-state index is 12.3. The van der Waals surface area contributed by atoms with E-state index in [9.17, 15) is 4.57 Å². The molecule has 0 aromatic rings. The average Bonchev–Trinajstić information content (AvgIpc) is 2.30. The topological polar surface area (TPSA) is 59.3 Å². The Bertz CT molecular complexity index is 373. The van der Waals surface area contributed by atoms with Crippen molar-refractivity contribution >= 4 is 7.60 Å². The van der Waals surface area contributed by atoms with Gasteiger partial charge in [0.25, 0.3) is 0 Å². The zero-order valence-electron chi connectivity index (χ0n) is 10.9. The zero-order valence-corrected chi connectivity index (χ0v) is 11.8. The molecule has 1 aliphatic rings. The maximum atomic E-state index is 12.3. The zero-order chi connectivity index (χ0) is 13.2. The van der Waals surface area contributed by atoms with Crippen LogP contribution >= 0.6 is 7.60 Å². The lowest BCUT2D eigenvalue weighted by Gasteiger charge is -2.29. The van der Waals surface area contributed by atoms with Gasteiger partial charge in [-0.1, -0.05) is 6.08 Å². The highest BCUT2D eigenvalue weighted by Gasteiger charge is 2.54. The number of hydrogen-bond donors (Lipinski definition) is 0. The molecular formula is C12H20NO3P. The van der Waals surface area contributed by atoms with Gasteiger partial charge < -0.3 is 0 Å². The molecule has 96 valence electrons. The standard InChI is InChI=1S/C12H20NO3P/c1-11(2)12(3,4)16-17(14,15-11)10-8-6-5-7-9-13/h8,10H,5-7H2,1-4H3/b10-8+. The molecule has 5 heteroatoms. The molecule has 1 rings (SSSR count). The quantitative estimate of drug-likeness (QED) is 0.564. The second kappa shape index (κ2) is 4.94. The number of hydrogen-bond acceptors (Lipinski definition) is 4. The number of nitriles is 1. The highest BCUT2D eigenvalue weighted by molar-refractivity contribution is 7.57. The highest BCUT2D eigenvalue weighted by atomic mass is 31.2. The van der Waals surface area contributed by atoms with Crippen LogP contribution in [0.25, 0.3) is 0 Å². The molecule has 0 aliphatic carbocycles. The second-order valence-corrected chi connectivity index (χ2v) is 6.92. The van der Waals surface area contributed by atoms with Gasteiger partial charge in [-0.05, 0) is 40.5 Å². The van der Waals surface area contributed by atoms with Crippen LogP contribution in [0.4, 0.5) is 0 Å². The van der Waals surface area contributed by atoms with Crippen LogP contribution in [0.1, 0.15) is 47.0 Å². The molecule has 0 aromatic heterocycles. The van der Waals surface area contributed by atoms with Gasteiger partial charge >= 0.3 is 7.60 Å². The fraction of sp³-hybridized carbons (Fsp3) is 0.750. The Morgan fingerprint density at radius 2 is 1.76 bits per heavy atom. The third kappa shape index (κ3) is 3.42. The van der Waals surface area contributed by atoms with Gasteiger partial charge in [-0.25, -0.2) is 0 Å². The predicted molar refractivity (Wildman–Crippen MR) is 66.5 cm³/mol. The third-order valence-electron chi connectivity index (χ3n) is 3.11. The molecule has 1 heterocycles. The summed E-state index contributed by atoms with van der Waals surface area (Å²) in [5.41, 5.74) is -1.14. The monoisotopic (exact) mass is 257 g/mol. The summed E-state index contributed by atoms with van der Waals surface area (Å²) in [6.45, 7) is 7.48. The Hall–Kier alpha value is -0.620. The molecule has 17 heavy (non-hydrogen) atoms. The molecule has 0 saturated carbocycles. The Balaban J connectivity index is 2.62. The largest absolute Gasteiger partial charge is 0.355 e. The fourth-order valence-corrected chi connectivity index (χ4v) is 3.72. The minimum absolute atomic E-state index is 0.507. The first-order valence-corrected chi connectivity index (χ1v) is 7.39. The minimum atomic E-state index is -3.13. The molecule has 1 saturated heterocycles. The first-order chi connectivity index (χ1) is 7.72. The first-order valence-electron chi connectivity index (χ1n) is 5.78. The van der Waals surface area contributed by atoms with Crippen molar-refractivity contribution in [3.63, 3.8) is 0 Å². The van der Waals surface area contributed by atoms with E-state index in [-0.39, 0.29) is 0 Å². The van der Waals surface area contributed by atoms with E-state index >= 15 is 0 Å². The van der Waals surface area contributed by atoms with Crippen molar-refractivity contribution in [2.75, 3.05) is 0 Å². The van der Waals surface area contributed by atoms with E-state index in [0.717, 1.165) is 6.42 Å². The van der Waals surface area contributed by atoms with Crippen LogP contribution < -0.4 is 0 Å². The first kappa shape index (κ1) is 14.4. The van der Waals surface area contributed by atoms with E-state index in [1.807, 2.05) is 27.7 Å². The number of nitrogens with zero attached hydrogens (tertiary/aromatic N) is 1. The van der Waals surface area contributed by atoms with Gasteiger partial charge in [-0.15, -0.1) is 0 Å². The normalized spacial score (nSPS) is 24.9. The summed E-state index contributed by atoms with van der Waals surface area (Å²) in [4.78, 5) is 0. The summed E-state index contributed by atoms with van der Waals surface area (Å²) in [5.74, 6) is 1.51. The molecule has 0 atom stereocenters. The third-order valence-corrected chi connectivity index (χ3v) is 5.11. The Morgan fingerprint density at radius 3 is 2.24 bits per heavy atom. The van der Waals surface area contributed by atoms with Crippen LogP contribution in [0.5, 0.6) is 0 Å². The van der Waals surface area contributed by atoms with Crippen molar-refractivity contribution in [2.24, 2.45) is 0 Å². The smallest absolute Gasteiger partial charge is 0.296 e. The molecule has 4 nitrogen and oxygen atoms in total. The Morgan fingerprint density at radius 1 is 1.24 bits per heavy atom. The maximum Gasteiger partial charge on any atom is 0.355 e. The number of unbranched alkanes of at least 4 members (excludes halogenated alkanes) is 2. The number of allylic oxidation sites excluding steroid dienone is 1. The van der Waals surface area contributed by atoms with E-state index in [0.29, 0.717) is 12.8 Å². The van der Waals surface area contributed by atoms with Crippen LogP contribution in [0.15, 0.2) is 11.9 Å². The van der Waals surface area contributed by atoms with E-state index < -0.39 is 18.8 Å². The Kier molecular flexibility index (Phi) is 4.19. The predicted octanol–water partition coefficient (Wildman–Crippen LogP) is 3.99. The van der Waals surface area contributed by atoms with Crippen LogP contribution in [-0.4, -0.2) is 11.2 Å². The summed E-state index contributed by atoms with van der Waals surface area (Å²) >= 11 is 0. The van der Waals surface area contributed by atoms with E-state index in [4.69, 9.17) is 14.3 Å². The molecule has 0 N–H and O–H groups in total. The van der Waals surface area contributed by atoms with Crippen molar-refractivity contribution in [3.05, 3.63) is 11.9 Å². The van der Waals surface area contributed by atoms with E-state index in [1.165, 1.54) is 5.82 Å². The van der Waals surface area contributed by atoms with Gasteiger partial charge in [0.2, 0.25) is 0 Å². The molecular weight excluding hydrogens is 237 g/mol. The molecule has 0 amide bonds. The Labute approximate surface area is 103 Å². The number of rotatable bonds is 4. The second-order valence-electron chi connectivity index (χ2n) is 5.18. The van der Waals surface area contributed by atoms with Crippen LogP contribution in [0.3, 0.4) is 0 Å². The lowest BCUT2D eigenvalue weighted by Crippen LogP contribution is -2.41. The highest BCUT2D eigenvalue weighted by Crippen LogP contribution is 2.64. The van der Waals surface area contributed by atoms with Gasteiger partial charge in [0.1, 0.15) is 11.2 Å². The van der Waals surface area contributed by atoms with Gasteiger partial charge in [0, 0.05) is 12.2 Å². The van der Waals surface area contributed by atoms with E-state index in [1.54, 1.807) is 6.08 Å². The molecule has 0 unspecified atom stereocenters. The molecule has 0 spiro atoms. The van der Waals surface area contributed by atoms with Crippen molar-refractivity contribution in [3.8, 4) is 6.07 Å². The van der Waals surface area contributed by atoms with Crippen molar-refractivity contribution in [2.45, 2.75) is 58.2 Å². The molecule has 1 fully saturated rings. The molecule has 0 radical (unpaired) electrons. The van der Waals surface area contributed by atoms with Crippen LogP contribution in [-0.2, 0) is 13.6 Å². The summed E-state index contributed by atoms with van der Waals surface area (Å²) in [7, 11) is -3.13. The van der Waals surface area contributed by atoms with Crippen molar-refractivity contribution in [1.82, 2.24) is 0 Å². The van der Waals surface area contributed by atoms with Crippen LogP contribution in [0, 0.1) is 11.3 Å². The summed E-state index contributed by atoms with van der Waals surface area (Å²) in [5, 5.41) is 8.39. The van der Waals surface area contributed by atoms with E-state index in [2.05, 4.69) is 6.07 Å². The average molecular weight is 257 g/mol. The SMILES string of the molecule is CC1(C)OP(=O)(/C=C/CCCC#N)OC1(C)C. The summed E-state index contributed by atoms with van der Waals surface area (Å²) in [6, 6.07) is 2.07. The molecule has 0 bridgehead atoms. The van der Waals surface area contributed by atoms with Gasteiger partial charge in [0.15, 0.2) is 0 Å². The minimum Gasteiger partial charge on any atom is -0.296 e. The lowest BCUT2D eigenvalue weighted by atomic mass is 9.90. The fourth-order valence-electron chi connectivity index (χ4n) is 1.44. The van der Waals surface area contributed by atoms with Gasteiger partial charge in [-0.3, -0.25) is 13.6 Å². The van der Waals surface area contributed by atoms with Crippen molar-refractivity contribution < 1.29 is 13.6 Å². The molecule has 1 aliphatic heterocycles. The van der Waals surface area contributed by atoms with Gasteiger partial charge in [0.05, 0.1) is 6.07 Å². The summed E-state index contributed by atoms with van der Waals surface area (Å²) in [6.07, 6.45) is 3.76. The van der Waals surface area contributed by atoms with Crippen LogP contribution in [0.2, 0.25) is 0 Å². The van der Waals surface area contributed by atoms with Gasteiger partial charge in [-0.2, -0.15) is 5.26 Å². The van der Waals surface area contributed by atoms with Crippen molar-refractivity contribution in [1.29, 1.82) is 5.26 Å². The lowest BCUT2D eigenvalue weighted by molar-refractivity contribution is 0.00578.